The first-order valence-corrected chi connectivity index (χ1v) is 16.1. The average molecular weight is 614 g/mol. The Morgan fingerprint density at radius 2 is 1.24 bits per heavy atom. The van der Waals surface area contributed by atoms with Gasteiger partial charge in [0.05, 0.1) is 18.3 Å². The van der Waals surface area contributed by atoms with Crippen LogP contribution in [-0.4, -0.2) is 12.2 Å². The van der Waals surface area contributed by atoms with E-state index in [-0.39, 0.29) is 0 Å². The highest BCUT2D eigenvalue weighted by molar-refractivity contribution is 5.67. The number of fused-ring (bicyclic) bond motifs is 1. The first-order valence-electron chi connectivity index (χ1n) is 16.1. The molecule has 5 nitrogen and oxygen atoms in total. The number of aliphatic hydroxyl groups is 1. The van der Waals surface area contributed by atoms with Crippen LogP contribution in [0.1, 0.15) is 59.2 Å². The van der Waals surface area contributed by atoms with Crippen LogP contribution in [0, 0.1) is 6.92 Å². The maximum atomic E-state index is 11.3. The number of aryl methyl sites for hydroxylation is 1. The van der Waals surface area contributed by atoms with Crippen LogP contribution in [0.2, 0.25) is 0 Å². The van der Waals surface area contributed by atoms with E-state index in [0.29, 0.717) is 29.4 Å². The Morgan fingerprint density at radius 3 is 1.80 bits per heavy atom. The first-order chi connectivity index (χ1) is 22.3. The minimum atomic E-state index is -1.23. The van der Waals surface area contributed by atoms with Gasteiger partial charge in [0.2, 0.25) is 0 Å². The number of methoxy groups -OCH3 is 1. The van der Waals surface area contributed by atoms with Crippen molar-refractivity contribution in [2.24, 2.45) is 0 Å². The van der Waals surface area contributed by atoms with E-state index >= 15 is 0 Å². The van der Waals surface area contributed by atoms with Crippen LogP contribution in [0.4, 0.5) is 5.69 Å². The number of benzene rings is 5. The van der Waals surface area contributed by atoms with Gasteiger partial charge in [0.25, 0.3) is 0 Å². The molecule has 236 valence electrons. The first kappa shape index (κ1) is 31.3. The van der Waals surface area contributed by atoms with Gasteiger partial charge >= 0.3 is 0 Å². The number of nitrogens with zero attached hydrogens (tertiary/aromatic N) is 1. The second-order valence-electron chi connectivity index (χ2n) is 12.6. The fraction of sp³-hybridized carbons (Fsp3) is 0.268. The van der Waals surface area contributed by atoms with Crippen LogP contribution in [-0.2, 0) is 38.1 Å². The number of hydrogen-bond donors (Lipinski definition) is 1. The molecular formula is C41H43NO4. The number of hydrogen-bond acceptors (Lipinski definition) is 5. The molecule has 1 N–H and O–H groups in total. The van der Waals surface area contributed by atoms with Gasteiger partial charge in [0.1, 0.15) is 18.1 Å². The fourth-order valence-electron chi connectivity index (χ4n) is 6.50. The second kappa shape index (κ2) is 13.7. The molecule has 5 aromatic carbocycles. The van der Waals surface area contributed by atoms with Crippen LogP contribution in [0.5, 0.6) is 23.0 Å². The highest BCUT2D eigenvalue weighted by Gasteiger charge is 2.31. The van der Waals surface area contributed by atoms with E-state index in [0.717, 1.165) is 49.2 Å². The average Bonchev–Trinajstić information content (AvgIpc) is 3.56. The summed E-state index contributed by atoms with van der Waals surface area (Å²) < 4.78 is 19.0. The number of ether oxygens (including phenoxy) is 3. The zero-order valence-electron chi connectivity index (χ0n) is 27.3. The van der Waals surface area contributed by atoms with E-state index in [9.17, 15) is 5.11 Å². The summed E-state index contributed by atoms with van der Waals surface area (Å²) in [6.07, 6.45) is 3.02. The van der Waals surface area contributed by atoms with Gasteiger partial charge in [-0.2, -0.15) is 0 Å². The highest BCUT2D eigenvalue weighted by atomic mass is 16.5. The highest BCUT2D eigenvalue weighted by Crippen LogP contribution is 2.48. The summed E-state index contributed by atoms with van der Waals surface area (Å²) in [7, 11) is 1.61. The molecule has 0 amide bonds. The quantitative estimate of drug-likeness (QED) is 0.152. The Labute approximate surface area is 273 Å². The maximum absolute atomic E-state index is 11.3. The third-order valence-corrected chi connectivity index (χ3v) is 8.63. The Kier molecular flexibility index (Phi) is 9.32. The fourth-order valence-corrected chi connectivity index (χ4v) is 6.50. The molecule has 0 atom stereocenters. The van der Waals surface area contributed by atoms with Crippen molar-refractivity contribution in [1.29, 1.82) is 0 Å². The predicted octanol–water partition coefficient (Wildman–Crippen LogP) is 9.30. The maximum Gasteiger partial charge on any atom is 0.171 e. The molecule has 0 heterocycles. The summed E-state index contributed by atoms with van der Waals surface area (Å²) in [6, 6.07) is 37.4. The van der Waals surface area contributed by atoms with Gasteiger partial charge in [-0.1, -0.05) is 91.0 Å². The third-order valence-electron chi connectivity index (χ3n) is 8.63. The molecule has 0 aliphatic heterocycles. The van der Waals surface area contributed by atoms with Crippen molar-refractivity contribution < 1.29 is 19.3 Å². The molecular weight excluding hydrogens is 570 g/mol. The molecule has 0 spiro atoms. The molecule has 1 aliphatic rings. The lowest BCUT2D eigenvalue weighted by Gasteiger charge is -2.30. The van der Waals surface area contributed by atoms with E-state index in [1.165, 1.54) is 27.9 Å². The van der Waals surface area contributed by atoms with Crippen molar-refractivity contribution in [3.05, 3.63) is 148 Å². The standard InChI is InChI=1S/C41H43NO4/c1-29-25-35(42(26-30-15-8-5-9-16-30)27-31-17-10-6-11-18-31)33-21-14-22-34(33)39(29)46-37-24-23-36(38(40(37)44-4)41(2,3)43)45-28-32-19-12-7-13-20-32/h5-13,15-20,23-25,43H,14,21-22,26-28H2,1-4H3. The van der Waals surface area contributed by atoms with Crippen molar-refractivity contribution in [2.75, 3.05) is 12.0 Å². The Bertz CT molecular complexity index is 1720. The number of anilines is 1. The summed E-state index contributed by atoms with van der Waals surface area (Å²) in [5, 5.41) is 11.3. The summed E-state index contributed by atoms with van der Waals surface area (Å²) in [6.45, 7) is 7.63. The monoisotopic (exact) mass is 613 g/mol. The van der Waals surface area contributed by atoms with Gasteiger partial charge in [-0.3, -0.25) is 0 Å². The Balaban J connectivity index is 1.37. The van der Waals surface area contributed by atoms with E-state index in [1.807, 2.05) is 42.5 Å². The largest absolute Gasteiger partial charge is 0.492 e. The van der Waals surface area contributed by atoms with Gasteiger partial charge in [-0.25, -0.2) is 0 Å². The molecule has 0 radical (unpaired) electrons. The normalized spacial score (nSPS) is 12.5. The van der Waals surface area contributed by atoms with Gasteiger partial charge in [-0.15, -0.1) is 0 Å². The molecule has 0 saturated heterocycles. The van der Waals surface area contributed by atoms with Gasteiger partial charge in [0, 0.05) is 24.3 Å². The van der Waals surface area contributed by atoms with Crippen LogP contribution in [0.15, 0.2) is 109 Å². The van der Waals surface area contributed by atoms with Crippen LogP contribution >= 0.6 is 0 Å². The summed E-state index contributed by atoms with van der Waals surface area (Å²) in [4.78, 5) is 2.50. The minimum absolute atomic E-state index is 0.379. The van der Waals surface area contributed by atoms with E-state index in [4.69, 9.17) is 14.2 Å². The van der Waals surface area contributed by atoms with Crippen molar-refractivity contribution in [1.82, 2.24) is 0 Å². The molecule has 46 heavy (non-hydrogen) atoms. The summed E-state index contributed by atoms with van der Waals surface area (Å²) >= 11 is 0. The molecule has 5 aromatic rings. The van der Waals surface area contributed by atoms with Crippen molar-refractivity contribution in [2.45, 2.75) is 65.3 Å². The lowest BCUT2D eigenvalue weighted by molar-refractivity contribution is 0.0708. The zero-order valence-corrected chi connectivity index (χ0v) is 27.3. The van der Waals surface area contributed by atoms with E-state index in [1.54, 1.807) is 21.0 Å². The summed E-state index contributed by atoms with van der Waals surface area (Å²) in [5.41, 5.74) is 7.86. The molecule has 0 fully saturated rings. The number of rotatable bonds is 12. The zero-order chi connectivity index (χ0) is 32.1. The molecule has 0 unspecified atom stereocenters. The van der Waals surface area contributed by atoms with Crippen molar-refractivity contribution >= 4 is 5.69 Å². The second-order valence-corrected chi connectivity index (χ2v) is 12.6. The predicted molar refractivity (Wildman–Crippen MR) is 185 cm³/mol. The smallest absolute Gasteiger partial charge is 0.171 e. The molecule has 0 saturated carbocycles. The molecule has 6 rings (SSSR count). The molecule has 0 aromatic heterocycles. The van der Waals surface area contributed by atoms with E-state index in [2.05, 4.69) is 78.6 Å². The van der Waals surface area contributed by atoms with Crippen molar-refractivity contribution in [3.63, 3.8) is 0 Å². The van der Waals surface area contributed by atoms with Gasteiger partial charge in [0.15, 0.2) is 11.5 Å². The Hall–Kier alpha value is -4.74. The SMILES string of the molecule is COc1c(Oc2c(C)cc(N(Cc3ccccc3)Cc3ccccc3)c3c2CCC3)ccc(OCc2ccccc2)c1C(C)(C)O. The molecule has 5 heteroatoms. The topological polar surface area (TPSA) is 51.2 Å². The van der Waals surface area contributed by atoms with Crippen LogP contribution in [0.3, 0.4) is 0 Å². The van der Waals surface area contributed by atoms with Gasteiger partial charge < -0.3 is 24.2 Å². The summed E-state index contributed by atoms with van der Waals surface area (Å²) in [5.74, 6) is 2.47. The molecule has 0 bridgehead atoms. The third kappa shape index (κ3) is 6.90. The van der Waals surface area contributed by atoms with Crippen LogP contribution in [0.25, 0.3) is 0 Å². The molecule has 1 aliphatic carbocycles. The minimum Gasteiger partial charge on any atom is -0.492 e. The Morgan fingerprint density at radius 1 is 0.696 bits per heavy atom. The van der Waals surface area contributed by atoms with Crippen molar-refractivity contribution in [3.8, 4) is 23.0 Å². The van der Waals surface area contributed by atoms with Gasteiger partial charge in [-0.05, 0) is 86.1 Å². The lowest BCUT2D eigenvalue weighted by Crippen LogP contribution is -2.23. The lowest BCUT2D eigenvalue weighted by atomic mass is 9.95. The van der Waals surface area contributed by atoms with Crippen LogP contribution < -0.4 is 19.1 Å². The van der Waals surface area contributed by atoms with E-state index < -0.39 is 5.60 Å².